The lowest BCUT2D eigenvalue weighted by Gasteiger charge is -2.64. The average Bonchev–Trinajstić information content (AvgIpc) is 3.46. The van der Waals surface area contributed by atoms with Crippen molar-refractivity contribution in [2.45, 2.75) is 104 Å². The first kappa shape index (κ1) is 27.1. The minimum Gasteiger partial charge on any atom is -0.404 e. The molecule has 0 aromatic heterocycles. The van der Waals surface area contributed by atoms with Gasteiger partial charge in [0.15, 0.2) is 5.03 Å². The van der Waals surface area contributed by atoms with E-state index >= 15 is 0 Å². The second kappa shape index (κ2) is 10.1. The Balaban J connectivity index is 1.35. The molecule has 2 heterocycles. The van der Waals surface area contributed by atoms with Crippen LogP contribution in [-0.4, -0.2) is 65.6 Å². The maximum Gasteiger partial charge on any atom is 0.481 e. The molecule has 0 aromatic rings. The number of carbonyl (C=O) groups excluding carboxylic acids is 2. The van der Waals surface area contributed by atoms with Gasteiger partial charge in [-0.3, -0.25) is 14.9 Å². The van der Waals surface area contributed by atoms with Gasteiger partial charge in [-0.2, -0.15) is 0 Å². The Hall–Kier alpha value is -1.96. The lowest BCUT2D eigenvalue weighted by atomic mass is 9.43. The molecule has 12 nitrogen and oxygen atoms in total. The number of hydrazine groups is 2. The third-order valence-electron chi connectivity index (χ3n) is 8.66. The van der Waals surface area contributed by atoms with Crippen molar-refractivity contribution in [1.82, 2.24) is 26.5 Å². The number of nitro groups is 1. The van der Waals surface area contributed by atoms with Crippen LogP contribution in [0.25, 0.3) is 0 Å². The van der Waals surface area contributed by atoms with E-state index in [1.54, 1.807) is 0 Å². The van der Waals surface area contributed by atoms with Gasteiger partial charge in [-0.05, 0) is 73.9 Å². The molecule has 2 aliphatic heterocycles. The van der Waals surface area contributed by atoms with E-state index in [9.17, 15) is 19.7 Å². The van der Waals surface area contributed by atoms with Gasteiger partial charge in [0, 0.05) is 6.92 Å². The molecule has 0 radical (unpaired) electrons. The van der Waals surface area contributed by atoms with Crippen LogP contribution in [0, 0.1) is 33.3 Å². The molecular weight excluding hydrogens is 467 g/mol. The summed E-state index contributed by atoms with van der Waals surface area (Å²) in [7, 11) is -0.532. The highest BCUT2D eigenvalue weighted by Crippen LogP contribution is 2.65. The molecule has 1 unspecified atom stereocenters. The van der Waals surface area contributed by atoms with Crippen LogP contribution in [0.2, 0.25) is 0 Å². The Morgan fingerprint density at radius 1 is 1.25 bits per heavy atom. The largest absolute Gasteiger partial charge is 0.481 e. The van der Waals surface area contributed by atoms with Crippen LogP contribution in [0.1, 0.15) is 73.6 Å². The van der Waals surface area contributed by atoms with Gasteiger partial charge in [0.25, 0.3) is 0 Å². The quantitative estimate of drug-likeness (QED) is 0.0991. The van der Waals surface area contributed by atoms with Crippen molar-refractivity contribution >= 4 is 18.9 Å². The summed E-state index contributed by atoms with van der Waals surface area (Å²) in [5.74, 6) is 0.481. The Labute approximate surface area is 213 Å². The predicted molar refractivity (Wildman–Crippen MR) is 132 cm³/mol. The molecule has 36 heavy (non-hydrogen) atoms. The van der Waals surface area contributed by atoms with Crippen LogP contribution < -0.4 is 21.4 Å². The van der Waals surface area contributed by atoms with Crippen molar-refractivity contribution in [2.75, 3.05) is 6.54 Å². The standard InChI is InChI=1S/C23H41BN6O6/c1-13(2)10-19(24-35-18-12-15-11-17(22(15,4)5)23(18,6)36-24)27-20(32)16(26-14(3)31)8-7-9-25-21-28-29(21)30(33)34/h13,15-19,21,25,28H,7-12H2,1-6H3,(H,26,31)(H,27,32)/t15-,16-,17-,18+,19-,21?,23-,29?/m0/s1. The number of nitrogens with zero attached hydrogens (tertiary/aromatic N) is 2. The topological polar surface area (TPSA) is 157 Å². The summed E-state index contributed by atoms with van der Waals surface area (Å²) < 4.78 is 13.1. The fourth-order valence-corrected chi connectivity index (χ4v) is 6.52. The lowest BCUT2D eigenvalue weighted by Crippen LogP contribution is -2.65. The Morgan fingerprint density at radius 2 is 1.97 bits per heavy atom. The van der Waals surface area contributed by atoms with E-state index in [1.165, 1.54) is 6.92 Å². The second-order valence-corrected chi connectivity index (χ2v) is 12.0. The number of rotatable bonds is 12. The van der Waals surface area contributed by atoms with Gasteiger partial charge in [-0.25, -0.2) is 10.1 Å². The highest BCUT2D eigenvalue weighted by molar-refractivity contribution is 6.47. The summed E-state index contributed by atoms with van der Waals surface area (Å²) in [5.41, 5.74) is 2.44. The maximum absolute atomic E-state index is 13.3. The van der Waals surface area contributed by atoms with Crippen molar-refractivity contribution in [1.29, 1.82) is 0 Å². The molecule has 5 fully saturated rings. The Morgan fingerprint density at radius 3 is 2.56 bits per heavy atom. The highest BCUT2D eigenvalue weighted by atomic mass is 16.7. The molecular formula is C23H41BN6O6. The van der Waals surface area contributed by atoms with Crippen molar-refractivity contribution < 1.29 is 23.9 Å². The van der Waals surface area contributed by atoms with E-state index in [4.69, 9.17) is 9.31 Å². The minimum atomic E-state index is -0.719. The molecule has 2 saturated heterocycles. The van der Waals surface area contributed by atoms with Crippen LogP contribution in [-0.2, 0) is 18.9 Å². The number of carbonyl (C=O) groups is 2. The number of nitrogens with one attached hydrogen (secondary N) is 4. The average molecular weight is 508 g/mol. The van der Waals surface area contributed by atoms with E-state index in [2.05, 4.69) is 56.0 Å². The number of hydrogen-bond donors (Lipinski definition) is 4. The Kier molecular flexibility index (Phi) is 7.58. The summed E-state index contributed by atoms with van der Waals surface area (Å²) in [6, 6.07) is -0.719. The van der Waals surface area contributed by atoms with Gasteiger partial charge in [-0.1, -0.05) is 27.7 Å². The van der Waals surface area contributed by atoms with E-state index in [0.717, 1.165) is 18.0 Å². The van der Waals surface area contributed by atoms with Crippen LogP contribution in [0.4, 0.5) is 0 Å². The first-order valence-corrected chi connectivity index (χ1v) is 13.2. The zero-order valence-electron chi connectivity index (χ0n) is 22.2. The summed E-state index contributed by atoms with van der Waals surface area (Å²) in [6.07, 6.45) is 3.28. The molecule has 3 aliphatic carbocycles. The van der Waals surface area contributed by atoms with Gasteiger partial charge >= 0.3 is 7.12 Å². The van der Waals surface area contributed by atoms with Crippen LogP contribution in [0.15, 0.2) is 0 Å². The van der Waals surface area contributed by atoms with Gasteiger partial charge < -0.3 is 19.9 Å². The fourth-order valence-electron chi connectivity index (χ4n) is 6.52. The number of hydrogen-bond acceptors (Lipinski definition) is 8. The van der Waals surface area contributed by atoms with E-state index < -0.39 is 24.5 Å². The van der Waals surface area contributed by atoms with Crippen molar-refractivity contribution in [3.05, 3.63) is 10.1 Å². The molecule has 4 N–H and O–H groups in total. The van der Waals surface area contributed by atoms with E-state index in [-0.39, 0.29) is 34.9 Å². The van der Waals surface area contributed by atoms with E-state index in [1.807, 2.05) is 0 Å². The fraction of sp³-hybridized carbons (Fsp3) is 0.913. The molecule has 0 spiro atoms. The van der Waals surface area contributed by atoms with Crippen molar-refractivity contribution in [2.24, 2.45) is 23.2 Å². The third kappa shape index (κ3) is 5.34. The Bertz CT molecular complexity index is 876. The second-order valence-electron chi connectivity index (χ2n) is 12.0. The molecule has 2 amide bonds. The van der Waals surface area contributed by atoms with Gasteiger partial charge in [0.05, 0.1) is 17.6 Å². The summed E-state index contributed by atoms with van der Waals surface area (Å²) in [5, 5.41) is 19.9. The highest BCUT2D eigenvalue weighted by Gasteiger charge is 2.68. The minimum absolute atomic E-state index is 0.0258. The molecule has 7 atom stereocenters. The van der Waals surface area contributed by atoms with Crippen LogP contribution in [0.5, 0.6) is 0 Å². The van der Waals surface area contributed by atoms with Crippen LogP contribution in [0.3, 0.4) is 0 Å². The molecule has 13 heteroatoms. The zero-order valence-corrected chi connectivity index (χ0v) is 22.2. The number of amides is 2. The van der Waals surface area contributed by atoms with Gasteiger partial charge in [0.2, 0.25) is 18.1 Å². The maximum atomic E-state index is 13.3. The third-order valence-corrected chi connectivity index (χ3v) is 8.66. The zero-order chi connectivity index (χ0) is 26.4. The molecule has 5 rings (SSSR count). The molecule has 2 bridgehead atoms. The first-order chi connectivity index (χ1) is 16.8. The molecule has 3 saturated carbocycles. The molecule has 0 aromatic carbocycles. The smallest absolute Gasteiger partial charge is 0.404 e. The SMILES string of the molecule is CC(=O)N[C@@H](CCCNC1NN1[N+](=O)[O-])C(=O)N[C@@H](CC(C)C)B1O[C@@H]2C[C@@H]3C[C@@H](C3(C)C)[C@]2(C)O1. The monoisotopic (exact) mass is 508 g/mol. The summed E-state index contributed by atoms with van der Waals surface area (Å²) in [6.45, 7) is 12.8. The predicted octanol–water partition coefficient (Wildman–Crippen LogP) is 0.955. The van der Waals surface area contributed by atoms with Crippen molar-refractivity contribution in [3.63, 3.8) is 0 Å². The van der Waals surface area contributed by atoms with Gasteiger partial charge in [-0.15, -0.1) is 5.43 Å². The van der Waals surface area contributed by atoms with Gasteiger partial charge in [0.1, 0.15) is 6.04 Å². The summed E-state index contributed by atoms with van der Waals surface area (Å²) >= 11 is 0. The first-order valence-electron chi connectivity index (χ1n) is 13.2. The van der Waals surface area contributed by atoms with E-state index in [0.29, 0.717) is 43.6 Å². The van der Waals surface area contributed by atoms with Crippen LogP contribution >= 0.6 is 0 Å². The normalized spacial score (nSPS) is 33.4. The molecule has 202 valence electrons. The van der Waals surface area contributed by atoms with Crippen molar-refractivity contribution in [3.8, 4) is 0 Å². The summed E-state index contributed by atoms with van der Waals surface area (Å²) in [4.78, 5) is 35.8. The lowest BCUT2D eigenvalue weighted by molar-refractivity contribution is -0.627. The molecule has 5 aliphatic rings.